The second-order valence-electron chi connectivity index (χ2n) is 8.96. The lowest BCUT2D eigenvalue weighted by Gasteiger charge is -2.23. The summed E-state index contributed by atoms with van der Waals surface area (Å²) < 4.78 is 5.58. The molecule has 1 fully saturated rings. The van der Waals surface area contributed by atoms with Crippen molar-refractivity contribution >= 4 is 18.0 Å². The van der Waals surface area contributed by atoms with E-state index in [0.29, 0.717) is 12.8 Å². The number of carboxylic acid groups (broad SMARTS) is 1. The predicted octanol–water partition coefficient (Wildman–Crippen LogP) is 3.67. The average molecular weight is 437 g/mol. The van der Waals surface area contributed by atoms with Crippen LogP contribution < -0.4 is 10.6 Å². The molecule has 32 heavy (non-hydrogen) atoms. The SMILES string of the molecule is CC(C)[C@@H](CC(=O)NC1(C(=O)O)CC1)NC(=O)OCC1c2ccccc2-c2ccccc21. The van der Waals surface area contributed by atoms with E-state index < -0.39 is 23.6 Å². The maximum absolute atomic E-state index is 12.6. The Kier molecular flexibility index (Phi) is 5.91. The summed E-state index contributed by atoms with van der Waals surface area (Å²) in [4.78, 5) is 36.2. The van der Waals surface area contributed by atoms with Gasteiger partial charge in [-0.2, -0.15) is 0 Å². The minimum atomic E-state index is -1.14. The van der Waals surface area contributed by atoms with Gasteiger partial charge < -0.3 is 20.5 Å². The highest BCUT2D eigenvalue weighted by Gasteiger charge is 2.51. The molecule has 2 aliphatic carbocycles. The first-order chi connectivity index (χ1) is 15.3. The Morgan fingerprint density at radius 2 is 1.59 bits per heavy atom. The van der Waals surface area contributed by atoms with Crippen molar-refractivity contribution in [1.29, 1.82) is 0 Å². The van der Waals surface area contributed by atoms with Crippen molar-refractivity contribution in [2.24, 2.45) is 5.92 Å². The first-order valence-electron chi connectivity index (χ1n) is 11.0. The fraction of sp³-hybridized carbons (Fsp3) is 0.400. The van der Waals surface area contributed by atoms with Gasteiger partial charge in [0.05, 0.1) is 0 Å². The van der Waals surface area contributed by atoms with E-state index in [1.165, 1.54) is 0 Å². The third-order valence-electron chi connectivity index (χ3n) is 6.40. The molecule has 0 radical (unpaired) electrons. The Morgan fingerprint density at radius 3 is 2.09 bits per heavy atom. The van der Waals surface area contributed by atoms with Gasteiger partial charge in [-0.05, 0) is 41.0 Å². The van der Waals surface area contributed by atoms with Gasteiger partial charge in [0.2, 0.25) is 5.91 Å². The Morgan fingerprint density at radius 1 is 1.03 bits per heavy atom. The first kappa shape index (κ1) is 21.9. The molecule has 3 N–H and O–H groups in total. The number of carbonyl (C=O) groups excluding carboxylic acids is 2. The molecule has 0 aliphatic heterocycles. The predicted molar refractivity (Wildman–Crippen MR) is 119 cm³/mol. The highest BCUT2D eigenvalue weighted by Crippen LogP contribution is 2.44. The molecule has 2 aromatic rings. The summed E-state index contributed by atoms with van der Waals surface area (Å²) in [6.07, 6.45) is 0.273. The van der Waals surface area contributed by atoms with Crippen LogP contribution in [0.5, 0.6) is 0 Å². The number of rotatable bonds is 8. The van der Waals surface area contributed by atoms with Crippen LogP contribution in [0.1, 0.15) is 50.2 Å². The van der Waals surface area contributed by atoms with Crippen LogP contribution in [-0.2, 0) is 14.3 Å². The van der Waals surface area contributed by atoms with E-state index in [1.54, 1.807) is 0 Å². The number of aliphatic carboxylic acids is 1. The molecule has 0 saturated heterocycles. The van der Waals surface area contributed by atoms with E-state index in [4.69, 9.17) is 4.74 Å². The van der Waals surface area contributed by atoms with Gasteiger partial charge in [-0.3, -0.25) is 4.79 Å². The number of benzene rings is 2. The highest BCUT2D eigenvalue weighted by molar-refractivity contribution is 5.90. The molecule has 0 bridgehead atoms. The van der Waals surface area contributed by atoms with Crippen molar-refractivity contribution in [3.63, 3.8) is 0 Å². The van der Waals surface area contributed by atoms with Crippen molar-refractivity contribution < 1.29 is 24.2 Å². The van der Waals surface area contributed by atoms with Crippen LogP contribution in [0.25, 0.3) is 11.1 Å². The summed E-state index contributed by atoms with van der Waals surface area (Å²) >= 11 is 0. The van der Waals surface area contributed by atoms with Crippen LogP contribution in [0.4, 0.5) is 4.79 Å². The molecule has 2 amide bonds. The van der Waals surface area contributed by atoms with E-state index in [0.717, 1.165) is 22.3 Å². The molecule has 1 saturated carbocycles. The number of nitrogens with one attached hydrogen (secondary N) is 2. The van der Waals surface area contributed by atoms with Crippen LogP contribution in [-0.4, -0.2) is 41.3 Å². The van der Waals surface area contributed by atoms with Crippen molar-refractivity contribution in [1.82, 2.24) is 10.6 Å². The zero-order chi connectivity index (χ0) is 22.9. The number of carboxylic acids is 1. The van der Waals surface area contributed by atoms with E-state index in [2.05, 4.69) is 34.9 Å². The number of carbonyl (C=O) groups is 3. The molecule has 0 heterocycles. The minimum Gasteiger partial charge on any atom is -0.480 e. The normalized spacial score (nSPS) is 16.6. The molecule has 0 unspecified atom stereocenters. The third-order valence-corrected chi connectivity index (χ3v) is 6.40. The maximum Gasteiger partial charge on any atom is 0.407 e. The maximum atomic E-state index is 12.6. The second-order valence-corrected chi connectivity index (χ2v) is 8.96. The van der Waals surface area contributed by atoms with Gasteiger partial charge in [0.1, 0.15) is 12.1 Å². The summed E-state index contributed by atoms with van der Waals surface area (Å²) in [7, 11) is 0. The third kappa shape index (κ3) is 4.33. The van der Waals surface area contributed by atoms with Gasteiger partial charge in [0, 0.05) is 18.4 Å². The number of fused-ring (bicyclic) bond motifs is 3. The quantitative estimate of drug-likeness (QED) is 0.586. The number of alkyl carbamates (subject to hydrolysis) is 1. The lowest BCUT2D eigenvalue weighted by molar-refractivity contribution is -0.143. The molecule has 1 atom stereocenters. The van der Waals surface area contributed by atoms with Crippen LogP contribution in [0.3, 0.4) is 0 Å². The summed E-state index contributed by atoms with van der Waals surface area (Å²) in [6.45, 7) is 3.98. The minimum absolute atomic E-state index is 0.00308. The lowest BCUT2D eigenvalue weighted by atomic mass is 9.98. The zero-order valence-corrected chi connectivity index (χ0v) is 18.3. The van der Waals surface area contributed by atoms with Crippen molar-refractivity contribution in [3.05, 3.63) is 59.7 Å². The zero-order valence-electron chi connectivity index (χ0n) is 18.3. The van der Waals surface area contributed by atoms with Crippen LogP contribution in [0, 0.1) is 5.92 Å². The van der Waals surface area contributed by atoms with Crippen LogP contribution in [0.2, 0.25) is 0 Å². The molecule has 0 aromatic heterocycles. The molecule has 4 rings (SSSR count). The van der Waals surface area contributed by atoms with Crippen LogP contribution in [0.15, 0.2) is 48.5 Å². The Hall–Kier alpha value is -3.35. The smallest absolute Gasteiger partial charge is 0.407 e. The second kappa shape index (κ2) is 8.65. The van der Waals surface area contributed by atoms with Crippen LogP contribution >= 0.6 is 0 Å². The average Bonchev–Trinajstić information content (AvgIpc) is 3.48. The molecule has 0 spiro atoms. The van der Waals surface area contributed by atoms with Gasteiger partial charge in [0.15, 0.2) is 0 Å². The van der Waals surface area contributed by atoms with Gasteiger partial charge in [-0.1, -0.05) is 62.4 Å². The van der Waals surface area contributed by atoms with E-state index in [-0.39, 0.29) is 30.8 Å². The van der Waals surface area contributed by atoms with Gasteiger partial charge in [-0.25, -0.2) is 9.59 Å². The highest BCUT2D eigenvalue weighted by atomic mass is 16.5. The fourth-order valence-electron chi connectivity index (χ4n) is 4.28. The van der Waals surface area contributed by atoms with Gasteiger partial charge in [-0.15, -0.1) is 0 Å². The van der Waals surface area contributed by atoms with Gasteiger partial charge >= 0.3 is 12.1 Å². The molecular formula is C25H28N2O5. The Labute approximate surface area is 187 Å². The van der Waals surface area contributed by atoms with E-state index in [1.807, 2.05) is 38.1 Å². The monoisotopic (exact) mass is 436 g/mol. The van der Waals surface area contributed by atoms with Crippen molar-refractivity contribution in [3.8, 4) is 11.1 Å². The number of hydrogen-bond donors (Lipinski definition) is 3. The van der Waals surface area contributed by atoms with E-state index in [9.17, 15) is 19.5 Å². The molecule has 2 aliphatic rings. The molecule has 7 nitrogen and oxygen atoms in total. The number of hydrogen-bond acceptors (Lipinski definition) is 4. The summed E-state index contributed by atoms with van der Waals surface area (Å²) in [5.41, 5.74) is 3.43. The summed E-state index contributed by atoms with van der Waals surface area (Å²) in [6, 6.07) is 15.8. The number of amides is 2. The van der Waals surface area contributed by atoms with E-state index >= 15 is 0 Å². The molecule has 7 heteroatoms. The molecule has 2 aromatic carbocycles. The Balaban J connectivity index is 1.36. The topological polar surface area (TPSA) is 105 Å². The fourth-order valence-corrected chi connectivity index (χ4v) is 4.28. The molecular weight excluding hydrogens is 408 g/mol. The standard InChI is InChI=1S/C25H28N2O5/c1-15(2)21(13-22(28)27-25(11-12-25)23(29)30)26-24(31)32-14-20-18-9-5-3-7-16(18)17-8-4-6-10-19(17)20/h3-10,15,20-21H,11-14H2,1-2H3,(H,26,31)(H,27,28)(H,29,30)/t21-/m1/s1. The molecule has 168 valence electrons. The lowest BCUT2D eigenvalue weighted by Crippen LogP contribution is -2.47. The first-order valence-corrected chi connectivity index (χ1v) is 11.0. The number of ether oxygens (including phenoxy) is 1. The summed E-state index contributed by atoms with van der Waals surface area (Å²) in [5, 5.41) is 14.6. The van der Waals surface area contributed by atoms with Gasteiger partial charge in [0.25, 0.3) is 0 Å². The Bertz CT molecular complexity index is 999. The summed E-state index contributed by atoms with van der Waals surface area (Å²) in [5.74, 6) is -1.47. The van der Waals surface area contributed by atoms with Crippen molar-refractivity contribution in [2.75, 3.05) is 6.61 Å². The van der Waals surface area contributed by atoms with Crippen molar-refractivity contribution in [2.45, 2.75) is 50.6 Å². The largest absolute Gasteiger partial charge is 0.480 e.